The Kier molecular flexibility index (Phi) is 5.40. The van der Waals surface area contributed by atoms with Gasteiger partial charge < -0.3 is 10.1 Å². The molecule has 0 saturated carbocycles. The van der Waals surface area contributed by atoms with Gasteiger partial charge in [-0.1, -0.05) is 37.6 Å². The van der Waals surface area contributed by atoms with E-state index in [1.807, 2.05) is 24.3 Å². The third-order valence-corrected chi connectivity index (χ3v) is 6.40. The largest absolute Gasteiger partial charge is 0.497 e. The first-order chi connectivity index (χ1) is 16.3. The van der Waals surface area contributed by atoms with Gasteiger partial charge in [-0.15, -0.1) is 5.11 Å². The van der Waals surface area contributed by atoms with Crippen LogP contribution in [0.2, 0.25) is 5.02 Å². The van der Waals surface area contributed by atoms with E-state index in [0.29, 0.717) is 40.7 Å². The highest BCUT2D eigenvalue weighted by Crippen LogP contribution is 2.47. The monoisotopic (exact) mass is 477 g/mol. The molecule has 2 heterocycles. The topological polar surface area (TPSA) is 101 Å². The van der Waals surface area contributed by atoms with Crippen molar-refractivity contribution in [2.45, 2.75) is 32.7 Å². The minimum atomic E-state index is -0.493. The van der Waals surface area contributed by atoms with Gasteiger partial charge in [-0.25, -0.2) is 0 Å². The van der Waals surface area contributed by atoms with Crippen molar-refractivity contribution in [1.82, 2.24) is 9.78 Å². The van der Waals surface area contributed by atoms with E-state index < -0.39 is 11.6 Å². The fraction of sp³-hybridized carbons (Fsp3) is 0.280. The lowest BCUT2D eigenvalue weighted by Gasteiger charge is -2.39. The zero-order valence-electron chi connectivity index (χ0n) is 19.1. The summed E-state index contributed by atoms with van der Waals surface area (Å²) in [6, 6.07) is 13.9. The number of methoxy groups -OCH3 is 1. The summed E-state index contributed by atoms with van der Waals surface area (Å²) in [7, 11) is 1.60. The number of hydrogen-bond acceptors (Lipinski definition) is 6. The van der Waals surface area contributed by atoms with Gasteiger partial charge in [-0.3, -0.25) is 19.4 Å². The van der Waals surface area contributed by atoms with E-state index in [-0.39, 0.29) is 16.9 Å². The Balaban J connectivity index is 1.64. The van der Waals surface area contributed by atoms with E-state index in [1.165, 1.54) is 0 Å². The number of nitrogens with one attached hydrogen (secondary N) is 2. The molecule has 174 valence electrons. The molecule has 1 aliphatic heterocycles. The molecule has 1 aromatic heterocycles. The molecule has 1 aliphatic carbocycles. The highest BCUT2D eigenvalue weighted by molar-refractivity contribution is 6.30. The number of rotatable bonds is 4. The number of halogens is 1. The van der Waals surface area contributed by atoms with Crippen LogP contribution in [0.4, 0.5) is 17.2 Å². The summed E-state index contributed by atoms with van der Waals surface area (Å²) in [4.78, 5) is 26.3. The maximum atomic E-state index is 13.3. The first-order valence-corrected chi connectivity index (χ1v) is 11.3. The van der Waals surface area contributed by atoms with Gasteiger partial charge >= 0.3 is 0 Å². The van der Waals surface area contributed by atoms with Crippen LogP contribution in [0, 0.1) is 5.41 Å². The Bertz CT molecular complexity index is 1380. The fourth-order valence-electron chi connectivity index (χ4n) is 4.60. The highest BCUT2D eigenvalue weighted by Gasteiger charge is 2.42. The van der Waals surface area contributed by atoms with Gasteiger partial charge in [-0.2, -0.15) is 5.11 Å². The Morgan fingerprint density at radius 3 is 2.41 bits per heavy atom. The van der Waals surface area contributed by atoms with Crippen LogP contribution in [0.5, 0.6) is 5.75 Å². The lowest BCUT2D eigenvalue weighted by molar-refractivity contribution is -0.118. The third kappa shape index (κ3) is 3.94. The predicted molar refractivity (Wildman–Crippen MR) is 130 cm³/mol. The van der Waals surface area contributed by atoms with Crippen LogP contribution in [0.15, 0.2) is 74.8 Å². The number of anilines is 1. The van der Waals surface area contributed by atoms with E-state index in [4.69, 9.17) is 16.3 Å². The summed E-state index contributed by atoms with van der Waals surface area (Å²) in [5.41, 5.74) is 2.45. The second kappa shape index (κ2) is 8.29. The standard InChI is InChI=1S/C25H24ClN5O3/c1-25(2)12-18-20(19(32)13-25)22(14-4-10-17(34-3)11-5-14)31-23(27-18)21(24(33)30-31)29-28-16-8-6-15(26)7-9-16/h4-11,22,27H,12-13H2,1-3H3,(H,30,33). The predicted octanol–water partition coefficient (Wildman–Crippen LogP) is 5.91. The Labute approximate surface area is 201 Å². The van der Waals surface area contributed by atoms with Crippen LogP contribution >= 0.6 is 11.6 Å². The molecule has 0 fully saturated rings. The molecule has 2 N–H and O–H groups in total. The van der Waals surface area contributed by atoms with Crippen molar-refractivity contribution in [2.75, 3.05) is 12.4 Å². The second-order valence-corrected chi connectivity index (χ2v) is 9.75. The Morgan fingerprint density at radius 1 is 1.03 bits per heavy atom. The molecule has 9 heteroatoms. The summed E-state index contributed by atoms with van der Waals surface area (Å²) in [6.07, 6.45) is 1.11. The van der Waals surface area contributed by atoms with Crippen LogP contribution in [-0.4, -0.2) is 22.7 Å². The number of H-pyrrole nitrogens is 1. The third-order valence-electron chi connectivity index (χ3n) is 6.15. The Hall–Kier alpha value is -3.65. The number of allylic oxidation sites excluding steroid dienone is 2. The number of benzene rings is 2. The molecule has 34 heavy (non-hydrogen) atoms. The zero-order valence-corrected chi connectivity index (χ0v) is 19.8. The van der Waals surface area contributed by atoms with Crippen molar-refractivity contribution in [3.05, 3.63) is 80.7 Å². The average molecular weight is 478 g/mol. The molecule has 8 nitrogen and oxygen atoms in total. The van der Waals surface area contributed by atoms with Crippen molar-refractivity contribution in [3.8, 4) is 5.75 Å². The van der Waals surface area contributed by atoms with Crippen molar-refractivity contribution in [3.63, 3.8) is 0 Å². The summed E-state index contributed by atoms with van der Waals surface area (Å²) in [5, 5.41) is 15.3. The summed E-state index contributed by atoms with van der Waals surface area (Å²) in [6.45, 7) is 4.14. The minimum Gasteiger partial charge on any atom is -0.497 e. The summed E-state index contributed by atoms with van der Waals surface area (Å²) in [5.74, 6) is 1.25. The van der Waals surface area contributed by atoms with E-state index in [9.17, 15) is 9.59 Å². The Morgan fingerprint density at radius 2 is 1.74 bits per heavy atom. The molecule has 1 unspecified atom stereocenters. The molecule has 0 spiro atoms. The van der Waals surface area contributed by atoms with Crippen molar-refractivity contribution < 1.29 is 9.53 Å². The van der Waals surface area contributed by atoms with Crippen LogP contribution in [-0.2, 0) is 4.79 Å². The number of carbonyl (C=O) groups excluding carboxylic acids is 1. The molecule has 2 aliphatic rings. The van der Waals surface area contributed by atoms with Gasteiger partial charge in [-0.05, 0) is 53.8 Å². The molecule has 0 radical (unpaired) electrons. The lowest BCUT2D eigenvalue weighted by atomic mass is 9.73. The number of fused-ring (bicyclic) bond motifs is 1. The SMILES string of the molecule is COc1ccc(C2C3=C(CC(C)(C)CC3=O)Nc3c(N=Nc4ccc(Cl)cc4)c(=O)[nH]n32)cc1. The van der Waals surface area contributed by atoms with Gasteiger partial charge in [0.1, 0.15) is 11.8 Å². The quantitative estimate of drug-likeness (QED) is 0.456. The highest BCUT2D eigenvalue weighted by atomic mass is 35.5. The van der Waals surface area contributed by atoms with Crippen molar-refractivity contribution >= 4 is 34.6 Å². The second-order valence-electron chi connectivity index (χ2n) is 9.32. The number of carbonyl (C=O) groups is 1. The summed E-state index contributed by atoms with van der Waals surface area (Å²) >= 11 is 5.94. The molecular weight excluding hydrogens is 454 g/mol. The van der Waals surface area contributed by atoms with Crippen molar-refractivity contribution in [1.29, 1.82) is 0 Å². The number of aromatic nitrogens is 2. The smallest absolute Gasteiger partial charge is 0.294 e. The van der Waals surface area contributed by atoms with Crippen molar-refractivity contribution in [2.24, 2.45) is 15.6 Å². The minimum absolute atomic E-state index is 0.0594. The first kappa shape index (κ1) is 22.2. The van der Waals surface area contributed by atoms with Crippen LogP contribution in [0.3, 0.4) is 0 Å². The maximum absolute atomic E-state index is 13.3. The van der Waals surface area contributed by atoms with Gasteiger partial charge in [0, 0.05) is 22.7 Å². The van der Waals surface area contributed by atoms with Gasteiger partial charge in [0.2, 0.25) is 0 Å². The van der Waals surface area contributed by atoms with Crippen LogP contribution in [0.1, 0.15) is 38.3 Å². The molecule has 1 atom stereocenters. The number of aromatic amines is 1. The van der Waals surface area contributed by atoms with E-state index in [0.717, 1.165) is 11.3 Å². The molecule has 0 bridgehead atoms. The molecule has 3 aromatic rings. The van der Waals surface area contributed by atoms with E-state index >= 15 is 0 Å². The number of hydrogen-bond donors (Lipinski definition) is 2. The fourth-order valence-corrected chi connectivity index (χ4v) is 4.72. The summed E-state index contributed by atoms with van der Waals surface area (Å²) < 4.78 is 6.97. The lowest BCUT2D eigenvalue weighted by Crippen LogP contribution is -2.36. The number of ether oxygens (including phenoxy) is 1. The number of azo groups is 1. The number of Topliss-reactive ketones (excluding diaryl/α,β-unsaturated/α-hetero) is 1. The number of ketones is 1. The molecule has 0 saturated heterocycles. The first-order valence-electron chi connectivity index (χ1n) is 10.9. The normalized spacial score (nSPS) is 19.1. The number of nitrogens with zero attached hydrogens (tertiary/aromatic N) is 3. The van der Waals surface area contributed by atoms with E-state index in [2.05, 4.69) is 34.5 Å². The average Bonchev–Trinajstić information content (AvgIpc) is 3.11. The van der Waals surface area contributed by atoms with Gasteiger partial charge in [0.25, 0.3) is 5.56 Å². The van der Waals surface area contributed by atoms with E-state index in [1.54, 1.807) is 36.1 Å². The van der Waals surface area contributed by atoms with Crippen LogP contribution < -0.4 is 15.6 Å². The molecule has 5 rings (SSSR count). The van der Waals surface area contributed by atoms with Gasteiger partial charge in [0.05, 0.1) is 12.8 Å². The molecule has 2 aromatic carbocycles. The van der Waals surface area contributed by atoms with Crippen LogP contribution in [0.25, 0.3) is 0 Å². The maximum Gasteiger partial charge on any atom is 0.294 e. The molecular formula is C25H24ClN5O3. The zero-order chi connectivity index (χ0) is 24.0. The molecule has 0 amide bonds. The van der Waals surface area contributed by atoms with Gasteiger partial charge in [0.15, 0.2) is 17.3 Å².